The van der Waals surface area contributed by atoms with Crippen LogP contribution in [0.3, 0.4) is 0 Å². The predicted octanol–water partition coefficient (Wildman–Crippen LogP) is 4.89. The SMILES string of the molecule is COC(=O)CNCc1cccc2cc([Si]([18F])(C(C)(C)C)C(C)(C)C)sc12. The normalized spacial score (nSPS) is 13.2. The first kappa shape index (κ1) is 21.1. The van der Waals surface area contributed by atoms with Gasteiger partial charge >= 0.3 is 5.97 Å². The Morgan fingerprint density at radius 2 is 1.81 bits per heavy atom. The zero-order valence-electron chi connectivity index (χ0n) is 16.8. The molecule has 0 aliphatic rings. The predicted molar refractivity (Wildman–Crippen MR) is 111 cm³/mol. The average Bonchev–Trinajstić information content (AvgIpc) is 2.96. The standard InChI is InChI=1S/C20H30FNO2SSi/c1-19(2,3)26(21,20(4,5)6)17-11-14-9-8-10-15(18(14)25-17)12-22-13-16(23)24-7/h8-11,22H,12-13H2,1-7H3/i21-1. The first-order valence-electron chi connectivity index (χ1n) is 8.90. The van der Waals surface area contributed by atoms with E-state index in [0.717, 1.165) is 20.2 Å². The molecule has 1 aromatic carbocycles. The number of nitrogens with one attached hydrogen (secondary N) is 1. The lowest BCUT2D eigenvalue weighted by Crippen LogP contribution is -2.56. The van der Waals surface area contributed by atoms with Crippen molar-refractivity contribution in [1.82, 2.24) is 5.32 Å². The molecule has 1 N–H and O–H groups in total. The van der Waals surface area contributed by atoms with Crippen molar-refractivity contribution in [3.05, 3.63) is 29.8 Å². The molecular formula is C20H30FNO2SSi. The van der Waals surface area contributed by atoms with Gasteiger partial charge in [-0.25, -0.2) is 0 Å². The van der Waals surface area contributed by atoms with Gasteiger partial charge in [0.25, 0.3) is 8.41 Å². The number of benzene rings is 1. The van der Waals surface area contributed by atoms with Gasteiger partial charge in [-0.05, 0) is 27.1 Å². The van der Waals surface area contributed by atoms with Crippen molar-refractivity contribution in [2.75, 3.05) is 13.7 Å². The van der Waals surface area contributed by atoms with Gasteiger partial charge in [-0.15, -0.1) is 11.3 Å². The molecule has 0 unspecified atom stereocenters. The smallest absolute Gasteiger partial charge is 0.319 e. The Morgan fingerprint density at radius 1 is 1.19 bits per heavy atom. The van der Waals surface area contributed by atoms with E-state index in [9.17, 15) is 4.79 Å². The number of fused-ring (bicyclic) bond motifs is 1. The summed E-state index contributed by atoms with van der Waals surface area (Å²) < 4.78 is 23.2. The van der Waals surface area contributed by atoms with Crippen molar-refractivity contribution in [1.29, 1.82) is 0 Å². The Hall–Kier alpha value is -1.24. The van der Waals surface area contributed by atoms with Crippen molar-refractivity contribution in [2.45, 2.75) is 58.2 Å². The van der Waals surface area contributed by atoms with E-state index < -0.39 is 18.5 Å². The molecule has 0 saturated heterocycles. The number of carbonyl (C=O) groups excluding carboxylic acids is 1. The van der Waals surface area contributed by atoms with Crippen LogP contribution in [-0.4, -0.2) is 28.0 Å². The van der Waals surface area contributed by atoms with E-state index in [0.29, 0.717) is 6.54 Å². The third-order valence-corrected chi connectivity index (χ3v) is 12.0. The number of carbonyl (C=O) groups is 1. The molecule has 0 aliphatic carbocycles. The van der Waals surface area contributed by atoms with Gasteiger partial charge in [-0.1, -0.05) is 59.7 Å². The highest BCUT2D eigenvalue weighted by atomic mass is 32.1. The molecule has 0 radical (unpaired) electrons. The Bertz CT molecular complexity index is 775. The number of methoxy groups -OCH3 is 1. The van der Waals surface area contributed by atoms with E-state index in [2.05, 4.69) is 10.1 Å². The Labute approximate surface area is 161 Å². The maximum atomic E-state index is 16.6. The van der Waals surface area contributed by atoms with Crippen molar-refractivity contribution < 1.29 is 13.6 Å². The number of thiophene rings is 1. The van der Waals surface area contributed by atoms with E-state index >= 15 is 4.11 Å². The van der Waals surface area contributed by atoms with Gasteiger partial charge in [0.15, 0.2) is 0 Å². The number of halogens is 1. The van der Waals surface area contributed by atoms with Crippen molar-refractivity contribution in [3.63, 3.8) is 0 Å². The van der Waals surface area contributed by atoms with Crippen LogP contribution < -0.4 is 9.82 Å². The van der Waals surface area contributed by atoms with Gasteiger partial charge in [0.1, 0.15) is 0 Å². The summed E-state index contributed by atoms with van der Waals surface area (Å²) in [6.07, 6.45) is 0. The molecule has 0 atom stereocenters. The summed E-state index contributed by atoms with van der Waals surface area (Å²) >= 11 is 1.58. The lowest BCUT2D eigenvalue weighted by molar-refractivity contribution is -0.139. The minimum absolute atomic E-state index is 0.164. The van der Waals surface area contributed by atoms with Crippen LogP contribution in [0.2, 0.25) is 10.1 Å². The van der Waals surface area contributed by atoms with Gasteiger partial charge in [-0.2, -0.15) is 0 Å². The molecule has 3 nitrogen and oxygen atoms in total. The average molecular weight is 395 g/mol. The first-order chi connectivity index (χ1) is 11.9. The van der Waals surface area contributed by atoms with Gasteiger partial charge < -0.3 is 14.2 Å². The lowest BCUT2D eigenvalue weighted by Gasteiger charge is -2.43. The topological polar surface area (TPSA) is 38.3 Å². The minimum atomic E-state index is -3.27. The van der Waals surface area contributed by atoms with Crippen LogP contribution in [-0.2, 0) is 16.1 Å². The monoisotopic (exact) mass is 394 g/mol. The van der Waals surface area contributed by atoms with Crippen LogP contribution in [0.15, 0.2) is 24.3 Å². The second-order valence-electron chi connectivity index (χ2n) is 8.78. The molecule has 26 heavy (non-hydrogen) atoms. The summed E-state index contributed by atoms with van der Waals surface area (Å²) in [6, 6.07) is 8.11. The van der Waals surface area contributed by atoms with E-state index in [4.69, 9.17) is 0 Å². The largest absolute Gasteiger partial charge is 0.468 e. The molecule has 0 spiro atoms. The summed E-state index contributed by atoms with van der Waals surface area (Å²) in [5.74, 6) is -0.292. The number of hydrogen-bond acceptors (Lipinski definition) is 4. The Kier molecular flexibility index (Phi) is 6.00. The third-order valence-electron chi connectivity index (χ3n) is 4.84. The second kappa shape index (κ2) is 7.41. The van der Waals surface area contributed by atoms with Crippen molar-refractivity contribution >= 4 is 40.3 Å². The molecule has 1 aromatic heterocycles. The van der Waals surface area contributed by atoms with Gasteiger partial charge in [-0.3, -0.25) is 4.79 Å². The van der Waals surface area contributed by atoms with Crippen molar-refractivity contribution in [2.24, 2.45) is 0 Å². The molecule has 144 valence electrons. The number of rotatable bonds is 5. The van der Waals surface area contributed by atoms with Crippen LogP contribution in [0.4, 0.5) is 4.11 Å². The zero-order valence-corrected chi connectivity index (χ0v) is 18.6. The number of esters is 1. The van der Waals surface area contributed by atoms with E-state index in [1.807, 2.05) is 65.8 Å². The van der Waals surface area contributed by atoms with Crippen LogP contribution >= 0.6 is 11.3 Å². The fourth-order valence-corrected chi connectivity index (χ4v) is 11.4. The zero-order chi connectivity index (χ0) is 19.8. The molecule has 2 aromatic rings. The molecule has 0 saturated carbocycles. The molecule has 0 amide bonds. The number of ether oxygens (including phenoxy) is 1. The molecule has 0 fully saturated rings. The molecule has 6 heteroatoms. The fourth-order valence-electron chi connectivity index (χ4n) is 3.67. The first-order valence-corrected chi connectivity index (χ1v) is 11.6. The number of hydrogen-bond donors (Lipinski definition) is 1. The molecule has 0 aliphatic heterocycles. The summed E-state index contributed by atoms with van der Waals surface area (Å²) in [6.45, 7) is 12.8. The van der Waals surface area contributed by atoms with Crippen LogP contribution in [0.1, 0.15) is 47.1 Å². The maximum Gasteiger partial charge on any atom is 0.319 e. The maximum absolute atomic E-state index is 16.6. The van der Waals surface area contributed by atoms with Gasteiger partial charge in [0.2, 0.25) is 0 Å². The van der Waals surface area contributed by atoms with E-state index in [-0.39, 0.29) is 12.5 Å². The van der Waals surface area contributed by atoms with Crippen LogP contribution in [0, 0.1) is 0 Å². The summed E-state index contributed by atoms with van der Waals surface area (Å²) in [5, 5.41) is 3.39. The molecule has 0 bridgehead atoms. The Balaban J connectivity index is 2.45. The fraction of sp³-hybridized carbons (Fsp3) is 0.550. The highest BCUT2D eigenvalue weighted by molar-refractivity contribution is 7.31. The molecule has 2 rings (SSSR count). The van der Waals surface area contributed by atoms with Gasteiger partial charge in [0, 0.05) is 15.7 Å². The Morgan fingerprint density at radius 3 is 2.35 bits per heavy atom. The highest BCUT2D eigenvalue weighted by Crippen LogP contribution is 2.52. The highest BCUT2D eigenvalue weighted by Gasteiger charge is 2.57. The molecule has 1 heterocycles. The van der Waals surface area contributed by atoms with Crippen molar-refractivity contribution in [3.8, 4) is 0 Å². The van der Waals surface area contributed by atoms with E-state index in [1.165, 1.54) is 7.11 Å². The minimum Gasteiger partial charge on any atom is -0.468 e. The van der Waals surface area contributed by atoms with Gasteiger partial charge in [0.05, 0.1) is 13.7 Å². The van der Waals surface area contributed by atoms with Crippen LogP contribution in [0.25, 0.3) is 10.1 Å². The quantitative estimate of drug-likeness (QED) is 0.446. The summed E-state index contributed by atoms with van der Waals surface area (Å²) in [7, 11) is -1.89. The summed E-state index contributed by atoms with van der Waals surface area (Å²) in [5.41, 5.74) is 1.09. The molecular weight excluding hydrogens is 364 g/mol. The summed E-state index contributed by atoms with van der Waals surface area (Å²) in [4.78, 5) is 11.3. The second-order valence-corrected chi connectivity index (χ2v) is 15.1. The van der Waals surface area contributed by atoms with Crippen LogP contribution in [0.5, 0.6) is 0 Å². The third kappa shape index (κ3) is 3.87. The van der Waals surface area contributed by atoms with E-state index in [1.54, 1.807) is 11.3 Å². The lowest BCUT2D eigenvalue weighted by atomic mass is 10.1.